The van der Waals surface area contributed by atoms with Crippen LogP contribution < -0.4 is 0 Å². The zero-order valence-corrected chi connectivity index (χ0v) is 16.3. The average Bonchev–Trinajstić information content (AvgIpc) is 3.42. The van der Waals surface area contributed by atoms with E-state index < -0.39 is 11.6 Å². The van der Waals surface area contributed by atoms with Gasteiger partial charge in [0.2, 0.25) is 0 Å². The van der Waals surface area contributed by atoms with E-state index in [0.717, 1.165) is 37.3 Å². The number of hydrogen-bond donors (Lipinski definition) is 2. The molecule has 0 radical (unpaired) electrons. The number of aliphatic hydroxyl groups is 1. The second-order valence-corrected chi connectivity index (χ2v) is 7.80. The Kier molecular flexibility index (Phi) is 5.48. The van der Waals surface area contributed by atoms with E-state index in [4.69, 9.17) is 4.74 Å². The summed E-state index contributed by atoms with van der Waals surface area (Å²) in [5.41, 5.74) is 1.37. The molecule has 2 fully saturated rings. The number of esters is 1. The maximum Gasteiger partial charge on any atom is 0.356 e. The number of nitrogens with zero attached hydrogens (tertiary/aromatic N) is 3. The summed E-state index contributed by atoms with van der Waals surface area (Å²) in [4.78, 5) is 16.7. The fourth-order valence-electron chi connectivity index (χ4n) is 4.61. The molecule has 0 aliphatic carbocycles. The Bertz CT molecular complexity index is 803. The van der Waals surface area contributed by atoms with Crippen LogP contribution in [0.4, 0.5) is 0 Å². The predicted molar refractivity (Wildman–Crippen MR) is 105 cm³/mol. The summed E-state index contributed by atoms with van der Waals surface area (Å²) in [5.74, 6) is -0.401. The van der Waals surface area contributed by atoms with E-state index >= 15 is 0 Å². The summed E-state index contributed by atoms with van der Waals surface area (Å²) >= 11 is 0. The molecule has 2 N–H and O–H groups in total. The number of rotatable bonds is 5. The molecule has 7 heteroatoms. The summed E-state index contributed by atoms with van der Waals surface area (Å²) in [7, 11) is 1.37. The fraction of sp³-hybridized carbons (Fsp3) is 0.524. The molecule has 3 heterocycles. The Morgan fingerprint density at radius 1 is 1.29 bits per heavy atom. The number of aromatic amines is 1. The van der Waals surface area contributed by atoms with Crippen molar-refractivity contribution < 1.29 is 14.6 Å². The Balaban J connectivity index is 1.56. The number of piperidine rings is 1. The fourth-order valence-corrected chi connectivity index (χ4v) is 4.61. The third-order valence-electron chi connectivity index (χ3n) is 6.15. The molecule has 0 bridgehead atoms. The van der Waals surface area contributed by atoms with E-state index in [1.807, 2.05) is 30.3 Å². The van der Waals surface area contributed by atoms with Crippen molar-refractivity contribution in [3.05, 3.63) is 53.3 Å². The number of hydrogen-bond acceptors (Lipinski definition) is 6. The van der Waals surface area contributed by atoms with Gasteiger partial charge in [0.05, 0.1) is 19.3 Å². The molecule has 0 unspecified atom stereocenters. The number of H-pyrrole nitrogens is 1. The SMILES string of the molecule is COC(=O)c1[nH]ncc1CN1CC[C@](O)(c2ccccc2)[C@H](N2CCCC2)C1. The third-order valence-corrected chi connectivity index (χ3v) is 6.15. The molecular weight excluding hydrogens is 356 g/mol. The van der Waals surface area contributed by atoms with Crippen LogP contribution in [0.15, 0.2) is 36.5 Å². The lowest BCUT2D eigenvalue weighted by molar-refractivity contribution is -0.0959. The van der Waals surface area contributed by atoms with Crippen LogP contribution in [0.3, 0.4) is 0 Å². The third kappa shape index (κ3) is 3.57. The molecule has 28 heavy (non-hydrogen) atoms. The van der Waals surface area contributed by atoms with E-state index in [1.165, 1.54) is 20.0 Å². The number of carbonyl (C=O) groups excluding carboxylic acids is 1. The average molecular weight is 384 g/mol. The molecule has 150 valence electrons. The van der Waals surface area contributed by atoms with Crippen LogP contribution >= 0.6 is 0 Å². The smallest absolute Gasteiger partial charge is 0.356 e. The number of methoxy groups -OCH3 is 1. The second-order valence-electron chi connectivity index (χ2n) is 7.80. The summed E-state index contributed by atoms with van der Waals surface area (Å²) in [6.45, 7) is 4.15. The van der Waals surface area contributed by atoms with Gasteiger partial charge in [-0.1, -0.05) is 30.3 Å². The van der Waals surface area contributed by atoms with Crippen LogP contribution in [0, 0.1) is 0 Å². The standard InChI is InChI=1S/C21H28N4O3/c1-28-20(26)19-16(13-22-23-19)14-24-12-9-21(27,17-7-3-2-4-8-17)18(15-24)25-10-5-6-11-25/h2-4,7-8,13,18,27H,5-6,9-12,14-15H2,1H3,(H,22,23)/t18-,21+/m1/s1. The summed E-state index contributed by atoms with van der Waals surface area (Å²) in [6.07, 6.45) is 4.70. The van der Waals surface area contributed by atoms with E-state index in [1.54, 1.807) is 6.20 Å². The lowest BCUT2D eigenvalue weighted by atomic mass is 9.79. The van der Waals surface area contributed by atoms with Crippen molar-refractivity contribution >= 4 is 5.97 Å². The molecule has 1 aromatic heterocycles. The number of aromatic nitrogens is 2. The van der Waals surface area contributed by atoms with Gasteiger partial charge in [0.15, 0.2) is 0 Å². The highest BCUT2D eigenvalue weighted by atomic mass is 16.5. The molecule has 2 aliphatic rings. The van der Waals surface area contributed by atoms with Crippen LogP contribution in [0.2, 0.25) is 0 Å². The van der Waals surface area contributed by atoms with Crippen LogP contribution in [-0.2, 0) is 16.9 Å². The molecule has 0 amide bonds. The van der Waals surface area contributed by atoms with E-state index in [0.29, 0.717) is 18.7 Å². The first-order valence-corrected chi connectivity index (χ1v) is 9.96. The largest absolute Gasteiger partial charge is 0.464 e. The minimum absolute atomic E-state index is 0.0274. The van der Waals surface area contributed by atoms with Crippen LogP contribution in [0.1, 0.15) is 40.9 Å². The quantitative estimate of drug-likeness (QED) is 0.765. The van der Waals surface area contributed by atoms with Gasteiger partial charge in [0, 0.05) is 25.2 Å². The molecular formula is C21H28N4O3. The minimum Gasteiger partial charge on any atom is -0.464 e. The normalized spacial score (nSPS) is 26.4. The van der Waals surface area contributed by atoms with E-state index in [-0.39, 0.29) is 6.04 Å². The van der Waals surface area contributed by atoms with Crippen LogP contribution in [0.25, 0.3) is 0 Å². The minimum atomic E-state index is -0.857. The number of likely N-dealkylation sites (tertiary alicyclic amines) is 2. The summed E-state index contributed by atoms with van der Waals surface area (Å²) in [5, 5.41) is 18.5. The van der Waals surface area contributed by atoms with Gasteiger partial charge in [-0.25, -0.2) is 4.79 Å². The van der Waals surface area contributed by atoms with Crippen molar-refractivity contribution in [3.63, 3.8) is 0 Å². The lowest BCUT2D eigenvalue weighted by Gasteiger charge is -2.48. The molecule has 2 saturated heterocycles. The molecule has 1 aromatic carbocycles. The first kappa shape index (κ1) is 19.1. The Hall–Kier alpha value is -2.22. The zero-order valence-electron chi connectivity index (χ0n) is 16.3. The maximum atomic E-state index is 11.9. The molecule has 2 aliphatic heterocycles. The molecule has 0 saturated carbocycles. The highest BCUT2D eigenvalue weighted by Crippen LogP contribution is 2.37. The van der Waals surface area contributed by atoms with Gasteiger partial charge in [0.1, 0.15) is 11.3 Å². The van der Waals surface area contributed by atoms with Gasteiger partial charge < -0.3 is 9.84 Å². The Morgan fingerprint density at radius 3 is 2.75 bits per heavy atom. The maximum absolute atomic E-state index is 11.9. The number of carbonyl (C=O) groups is 1. The number of ether oxygens (including phenoxy) is 1. The summed E-state index contributed by atoms with van der Waals surface area (Å²) in [6, 6.07) is 10.1. The van der Waals surface area contributed by atoms with Gasteiger partial charge >= 0.3 is 5.97 Å². The van der Waals surface area contributed by atoms with Crippen molar-refractivity contribution in [2.45, 2.75) is 37.5 Å². The zero-order chi connectivity index (χ0) is 19.6. The highest BCUT2D eigenvalue weighted by molar-refractivity contribution is 5.88. The van der Waals surface area contributed by atoms with Crippen LogP contribution in [0.5, 0.6) is 0 Å². The van der Waals surface area contributed by atoms with Crippen molar-refractivity contribution in [1.29, 1.82) is 0 Å². The van der Waals surface area contributed by atoms with Gasteiger partial charge in [-0.2, -0.15) is 5.10 Å². The molecule has 0 spiro atoms. The Labute approximate surface area is 165 Å². The van der Waals surface area contributed by atoms with E-state index in [9.17, 15) is 9.90 Å². The Morgan fingerprint density at radius 2 is 2.04 bits per heavy atom. The number of benzene rings is 1. The van der Waals surface area contributed by atoms with E-state index in [2.05, 4.69) is 20.0 Å². The van der Waals surface area contributed by atoms with Crippen molar-refractivity contribution in [2.24, 2.45) is 0 Å². The first-order valence-electron chi connectivity index (χ1n) is 9.96. The monoisotopic (exact) mass is 384 g/mol. The summed E-state index contributed by atoms with van der Waals surface area (Å²) < 4.78 is 4.84. The predicted octanol–water partition coefficient (Wildman–Crippen LogP) is 1.75. The lowest BCUT2D eigenvalue weighted by Crippen LogP contribution is -2.60. The highest BCUT2D eigenvalue weighted by Gasteiger charge is 2.46. The van der Waals surface area contributed by atoms with Gasteiger partial charge in [-0.05, 0) is 37.9 Å². The van der Waals surface area contributed by atoms with Crippen molar-refractivity contribution in [1.82, 2.24) is 20.0 Å². The number of nitrogens with one attached hydrogen (secondary N) is 1. The molecule has 7 nitrogen and oxygen atoms in total. The van der Waals surface area contributed by atoms with Gasteiger partial charge in [-0.15, -0.1) is 0 Å². The van der Waals surface area contributed by atoms with Crippen LogP contribution in [-0.4, -0.2) is 70.4 Å². The van der Waals surface area contributed by atoms with Crippen molar-refractivity contribution in [2.75, 3.05) is 33.3 Å². The van der Waals surface area contributed by atoms with Gasteiger partial charge in [0.25, 0.3) is 0 Å². The molecule has 2 atom stereocenters. The second kappa shape index (κ2) is 8.03. The molecule has 2 aromatic rings. The van der Waals surface area contributed by atoms with Crippen molar-refractivity contribution in [3.8, 4) is 0 Å². The van der Waals surface area contributed by atoms with Gasteiger partial charge in [-0.3, -0.25) is 14.9 Å². The first-order chi connectivity index (χ1) is 13.6. The molecule has 4 rings (SSSR count). The topological polar surface area (TPSA) is 81.7 Å².